The Balaban J connectivity index is 2.91. The zero-order chi connectivity index (χ0) is 14.5. The van der Waals surface area contributed by atoms with Crippen molar-refractivity contribution in [3.63, 3.8) is 0 Å². The average molecular weight is 283 g/mol. The summed E-state index contributed by atoms with van der Waals surface area (Å²) in [5.41, 5.74) is 2.22. The summed E-state index contributed by atoms with van der Waals surface area (Å²) in [6.45, 7) is 8.06. The zero-order valence-corrected chi connectivity index (χ0v) is 12.3. The van der Waals surface area contributed by atoms with Crippen LogP contribution in [0, 0.1) is 0 Å². The van der Waals surface area contributed by atoms with Crippen molar-refractivity contribution in [1.82, 2.24) is 4.31 Å². The summed E-state index contributed by atoms with van der Waals surface area (Å²) in [5.74, 6) is -0.0536. The normalized spacial score (nSPS) is 11.8. The third-order valence-electron chi connectivity index (χ3n) is 2.72. The standard InChI is InChI=1S/C14H21NO3S/c1-4-15(9-12(2)3)19(17,18)11-14-7-5-6-13(8-14)10-16/h5-8,16H,2,4,9-11H2,1,3H3. The monoisotopic (exact) mass is 283 g/mol. The van der Waals surface area contributed by atoms with E-state index in [4.69, 9.17) is 5.11 Å². The summed E-state index contributed by atoms with van der Waals surface area (Å²) in [4.78, 5) is 0. The third kappa shape index (κ3) is 4.78. The average Bonchev–Trinajstić information content (AvgIpc) is 2.35. The Bertz CT molecular complexity index is 537. The lowest BCUT2D eigenvalue weighted by Crippen LogP contribution is -2.33. The number of rotatable bonds is 7. The van der Waals surface area contributed by atoms with Crippen LogP contribution in [0.3, 0.4) is 0 Å². The van der Waals surface area contributed by atoms with Gasteiger partial charge in [0.15, 0.2) is 0 Å². The van der Waals surface area contributed by atoms with E-state index in [1.165, 1.54) is 4.31 Å². The molecule has 0 heterocycles. The number of benzene rings is 1. The second-order valence-electron chi connectivity index (χ2n) is 4.62. The number of nitrogens with zero attached hydrogens (tertiary/aromatic N) is 1. The summed E-state index contributed by atoms with van der Waals surface area (Å²) in [6.07, 6.45) is 0. The molecule has 1 aromatic carbocycles. The summed E-state index contributed by atoms with van der Waals surface area (Å²) in [7, 11) is -3.35. The highest BCUT2D eigenvalue weighted by Crippen LogP contribution is 2.13. The van der Waals surface area contributed by atoms with Crippen molar-refractivity contribution in [2.24, 2.45) is 0 Å². The Labute approximate surface area is 115 Å². The van der Waals surface area contributed by atoms with Crippen LogP contribution in [-0.2, 0) is 22.4 Å². The molecule has 4 nitrogen and oxygen atoms in total. The molecule has 0 atom stereocenters. The first-order chi connectivity index (χ1) is 8.89. The van der Waals surface area contributed by atoms with Gasteiger partial charge in [-0.3, -0.25) is 0 Å². The van der Waals surface area contributed by atoms with Crippen molar-refractivity contribution in [3.05, 3.63) is 47.5 Å². The minimum absolute atomic E-state index is 0.0536. The van der Waals surface area contributed by atoms with Crippen LogP contribution in [0.25, 0.3) is 0 Å². The molecule has 1 rings (SSSR count). The number of hydrogen-bond donors (Lipinski definition) is 1. The van der Waals surface area contributed by atoms with Crippen molar-refractivity contribution in [2.45, 2.75) is 26.2 Å². The van der Waals surface area contributed by atoms with Crippen LogP contribution >= 0.6 is 0 Å². The highest BCUT2D eigenvalue weighted by Gasteiger charge is 2.20. The number of sulfonamides is 1. The van der Waals surface area contributed by atoms with Crippen LogP contribution in [0.2, 0.25) is 0 Å². The van der Waals surface area contributed by atoms with Crippen molar-refractivity contribution >= 4 is 10.0 Å². The van der Waals surface area contributed by atoms with Gasteiger partial charge in [-0.25, -0.2) is 8.42 Å². The molecule has 1 aromatic rings. The van der Waals surface area contributed by atoms with Crippen LogP contribution in [0.15, 0.2) is 36.4 Å². The largest absolute Gasteiger partial charge is 0.392 e. The van der Waals surface area contributed by atoms with Gasteiger partial charge in [-0.05, 0) is 18.1 Å². The van der Waals surface area contributed by atoms with Crippen LogP contribution in [0.1, 0.15) is 25.0 Å². The highest BCUT2D eigenvalue weighted by molar-refractivity contribution is 7.88. The van der Waals surface area contributed by atoms with E-state index in [0.29, 0.717) is 18.7 Å². The molecule has 0 amide bonds. The van der Waals surface area contributed by atoms with Gasteiger partial charge >= 0.3 is 0 Å². The molecule has 0 unspecified atom stereocenters. The van der Waals surface area contributed by atoms with Crippen LogP contribution in [-0.4, -0.2) is 30.9 Å². The lowest BCUT2D eigenvalue weighted by Gasteiger charge is -2.20. The third-order valence-corrected chi connectivity index (χ3v) is 4.59. The molecule has 106 valence electrons. The Kier molecular flexibility index (Phi) is 5.72. The minimum Gasteiger partial charge on any atom is -0.392 e. The van der Waals surface area contributed by atoms with Gasteiger partial charge in [0, 0.05) is 13.1 Å². The van der Waals surface area contributed by atoms with Crippen molar-refractivity contribution < 1.29 is 13.5 Å². The second-order valence-corrected chi connectivity index (χ2v) is 6.59. The van der Waals surface area contributed by atoms with Gasteiger partial charge in [-0.2, -0.15) is 4.31 Å². The van der Waals surface area contributed by atoms with Gasteiger partial charge in [-0.1, -0.05) is 43.3 Å². The molecule has 0 aliphatic carbocycles. The van der Waals surface area contributed by atoms with Gasteiger partial charge < -0.3 is 5.11 Å². The molecule has 5 heteroatoms. The molecule has 1 N–H and O–H groups in total. The molecule has 0 aliphatic heterocycles. The Hall–Kier alpha value is -1.17. The molecule has 0 radical (unpaired) electrons. The summed E-state index contributed by atoms with van der Waals surface area (Å²) in [6, 6.07) is 6.99. The van der Waals surface area contributed by atoms with Gasteiger partial charge in [0.1, 0.15) is 0 Å². The van der Waals surface area contributed by atoms with E-state index in [2.05, 4.69) is 6.58 Å². The van der Waals surface area contributed by atoms with E-state index in [9.17, 15) is 8.42 Å². The molecular weight excluding hydrogens is 262 g/mol. The second kappa shape index (κ2) is 6.84. The summed E-state index contributed by atoms with van der Waals surface area (Å²) < 4.78 is 26.0. The predicted octanol–water partition coefficient (Wildman–Crippen LogP) is 1.91. The Morgan fingerprint density at radius 3 is 2.53 bits per heavy atom. The van der Waals surface area contributed by atoms with Gasteiger partial charge in [0.05, 0.1) is 12.4 Å². The maximum absolute atomic E-state index is 12.3. The summed E-state index contributed by atoms with van der Waals surface area (Å²) >= 11 is 0. The first-order valence-electron chi connectivity index (χ1n) is 6.20. The maximum Gasteiger partial charge on any atom is 0.218 e. The fourth-order valence-electron chi connectivity index (χ4n) is 1.83. The Morgan fingerprint density at radius 2 is 2.00 bits per heavy atom. The molecule has 0 fully saturated rings. The first kappa shape index (κ1) is 15.9. The predicted molar refractivity (Wildman–Crippen MR) is 77.0 cm³/mol. The van der Waals surface area contributed by atoms with E-state index in [-0.39, 0.29) is 12.4 Å². The molecule has 0 aromatic heterocycles. The zero-order valence-electron chi connectivity index (χ0n) is 11.5. The summed E-state index contributed by atoms with van der Waals surface area (Å²) in [5, 5.41) is 9.06. The highest BCUT2D eigenvalue weighted by atomic mass is 32.2. The fraction of sp³-hybridized carbons (Fsp3) is 0.429. The van der Waals surface area contributed by atoms with Crippen molar-refractivity contribution in [1.29, 1.82) is 0 Å². The SMILES string of the molecule is C=C(C)CN(CC)S(=O)(=O)Cc1cccc(CO)c1. The van der Waals surface area contributed by atoms with E-state index in [1.54, 1.807) is 24.3 Å². The van der Waals surface area contributed by atoms with Crippen molar-refractivity contribution in [2.75, 3.05) is 13.1 Å². The van der Waals surface area contributed by atoms with E-state index >= 15 is 0 Å². The van der Waals surface area contributed by atoms with Crippen LogP contribution < -0.4 is 0 Å². The topological polar surface area (TPSA) is 57.6 Å². The molecule has 0 aliphatic rings. The number of aliphatic hydroxyl groups excluding tert-OH is 1. The minimum atomic E-state index is -3.35. The van der Waals surface area contributed by atoms with Gasteiger partial charge in [0.25, 0.3) is 0 Å². The molecule has 0 bridgehead atoms. The van der Waals surface area contributed by atoms with Gasteiger partial charge in [0.2, 0.25) is 10.0 Å². The fourth-order valence-corrected chi connectivity index (χ4v) is 3.42. The molecule has 19 heavy (non-hydrogen) atoms. The van der Waals surface area contributed by atoms with E-state index < -0.39 is 10.0 Å². The van der Waals surface area contributed by atoms with Crippen LogP contribution in [0.4, 0.5) is 0 Å². The lowest BCUT2D eigenvalue weighted by atomic mass is 10.1. The number of aliphatic hydroxyl groups is 1. The lowest BCUT2D eigenvalue weighted by molar-refractivity contribution is 0.281. The Morgan fingerprint density at radius 1 is 1.37 bits per heavy atom. The first-order valence-corrected chi connectivity index (χ1v) is 7.81. The van der Waals surface area contributed by atoms with E-state index in [1.807, 2.05) is 13.8 Å². The smallest absolute Gasteiger partial charge is 0.218 e. The molecule has 0 saturated carbocycles. The van der Waals surface area contributed by atoms with Crippen LogP contribution in [0.5, 0.6) is 0 Å². The quantitative estimate of drug-likeness (QED) is 0.778. The number of likely N-dealkylation sites (N-methyl/N-ethyl adjacent to an activating group) is 1. The van der Waals surface area contributed by atoms with E-state index in [0.717, 1.165) is 11.1 Å². The number of hydrogen-bond acceptors (Lipinski definition) is 3. The molecule has 0 saturated heterocycles. The van der Waals surface area contributed by atoms with Crippen molar-refractivity contribution in [3.8, 4) is 0 Å². The van der Waals surface area contributed by atoms with Gasteiger partial charge in [-0.15, -0.1) is 0 Å². The maximum atomic E-state index is 12.3. The molecule has 0 spiro atoms. The molecular formula is C14H21NO3S.